The molecule has 4 rings (SSSR count). The number of benzene rings is 2. The van der Waals surface area contributed by atoms with Crippen molar-refractivity contribution in [2.24, 2.45) is 0 Å². The Morgan fingerprint density at radius 2 is 0.868 bits per heavy atom. The molecule has 0 bridgehead atoms. The lowest BCUT2D eigenvalue weighted by molar-refractivity contribution is 0.256. The van der Waals surface area contributed by atoms with Crippen molar-refractivity contribution >= 4 is 0 Å². The molecule has 0 aliphatic carbocycles. The van der Waals surface area contributed by atoms with Crippen molar-refractivity contribution in [2.45, 2.75) is 117 Å². The molecule has 0 radical (unpaired) electrons. The minimum atomic E-state index is -0.104. The Kier molecular flexibility index (Phi) is 7.51. The molecule has 4 heteroatoms. The zero-order valence-corrected chi connectivity index (χ0v) is 25.9. The summed E-state index contributed by atoms with van der Waals surface area (Å²) in [5.41, 5.74) is 6.97. The van der Waals surface area contributed by atoms with Crippen molar-refractivity contribution in [2.75, 3.05) is 26.4 Å². The molecule has 210 valence electrons. The van der Waals surface area contributed by atoms with Crippen molar-refractivity contribution in [3.05, 3.63) is 46.5 Å². The van der Waals surface area contributed by atoms with Crippen LogP contribution in [0, 0.1) is 0 Å². The molecular formula is C34H50O4. The van der Waals surface area contributed by atoms with E-state index in [1.165, 1.54) is 22.3 Å². The highest BCUT2D eigenvalue weighted by Crippen LogP contribution is 2.49. The summed E-state index contributed by atoms with van der Waals surface area (Å²) in [7, 11) is 0. The van der Waals surface area contributed by atoms with Crippen LogP contribution in [0.3, 0.4) is 0 Å². The third kappa shape index (κ3) is 6.74. The molecule has 2 aliphatic rings. The Balaban J connectivity index is 2.07. The van der Waals surface area contributed by atoms with E-state index in [0.717, 1.165) is 35.8 Å². The normalized spacial score (nSPS) is 19.9. The molecule has 2 fully saturated rings. The number of rotatable bonds is 7. The van der Waals surface area contributed by atoms with Crippen LogP contribution in [0.15, 0.2) is 24.3 Å². The van der Waals surface area contributed by atoms with Crippen molar-refractivity contribution < 1.29 is 18.9 Å². The summed E-state index contributed by atoms with van der Waals surface area (Å²) in [5.74, 6) is 1.89. The summed E-state index contributed by atoms with van der Waals surface area (Å²) in [6.45, 7) is 30.0. The van der Waals surface area contributed by atoms with E-state index in [9.17, 15) is 0 Å². The maximum absolute atomic E-state index is 6.68. The Hall–Kier alpha value is -2.04. The summed E-state index contributed by atoms with van der Waals surface area (Å²) in [4.78, 5) is 0. The van der Waals surface area contributed by atoms with E-state index in [4.69, 9.17) is 18.9 Å². The predicted molar refractivity (Wildman–Crippen MR) is 157 cm³/mol. The van der Waals surface area contributed by atoms with E-state index >= 15 is 0 Å². The van der Waals surface area contributed by atoms with Crippen molar-refractivity contribution in [3.63, 3.8) is 0 Å². The molecule has 2 heterocycles. The molecule has 0 N–H and O–H groups in total. The van der Waals surface area contributed by atoms with Crippen LogP contribution in [0.25, 0.3) is 11.1 Å². The van der Waals surface area contributed by atoms with Gasteiger partial charge in [-0.1, -0.05) is 95.2 Å². The second-order valence-corrected chi connectivity index (χ2v) is 15.3. The lowest BCUT2D eigenvalue weighted by Gasteiger charge is -2.32. The van der Waals surface area contributed by atoms with Crippen LogP contribution >= 0.6 is 0 Å². The van der Waals surface area contributed by atoms with E-state index in [-0.39, 0.29) is 33.9 Å². The van der Waals surface area contributed by atoms with Gasteiger partial charge in [-0.05, 0) is 44.9 Å². The van der Waals surface area contributed by atoms with E-state index in [2.05, 4.69) is 107 Å². The van der Waals surface area contributed by atoms with Gasteiger partial charge in [-0.25, -0.2) is 0 Å². The standard InChI is InChI=1S/C34H50O4/c1-31(2,3)21-13-25(29(37-19-23-17-35-23)27(15-21)33(7,8)9)26-14-22(32(4,5)6)16-28(34(10,11)12)30(26)38-20-24-18-36-24/h13-16,23-24H,17-20H2,1-12H3. The largest absolute Gasteiger partial charge is 0.490 e. The molecule has 2 unspecified atom stereocenters. The second kappa shape index (κ2) is 9.86. The molecule has 2 saturated heterocycles. The van der Waals surface area contributed by atoms with Gasteiger partial charge in [0, 0.05) is 22.3 Å². The molecule has 2 aliphatic heterocycles. The molecule has 2 aromatic carbocycles. The Morgan fingerprint density at radius 3 is 1.11 bits per heavy atom. The molecule has 38 heavy (non-hydrogen) atoms. The summed E-state index contributed by atoms with van der Waals surface area (Å²) < 4.78 is 24.4. The van der Waals surface area contributed by atoms with Crippen molar-refractivity contribution in [1.29, 1.82) is 0 Å². The fraction of sp³-hybridized carbons (Fsp3) is 0.647. The zero-order valence-electron chi connectivity index (χ0n) is 25.9. The highest BCUT2D eigenvalue weighted by molar-refractivity contribution is 5.81. The third-order valence-corrected chi connectivity index (χ3v) is 7.45. The first kappa shape index (κ1) is 29.0. The lowest BCUT2D eigenvalue weighted by atomic mass is 9.75. The van der Waals surface area contributed by atoms with Crippen LogP contribution in [-0.4, -0.2) is 38.6 Å². The van der Waals surface area contributed by atoms with Gasteiger partial charge in [-0.3, -0.25) is 0 Å². The number of ether oxygens (including phenoxy) is 4. The quantitative estimate of drug-likeness (QED) is 0.345. The summed E-state index contributed by atoms with van der Waals surface area (Å²) >= 11 is 0. The zero-order chi connectivity index (χ0) is 28.3. The van der Waals surface area contributed by atoms with Crippen LogP contribution in [0.4, 0.5) is 0 Å². The third-order valence-electron chi connectivity index (χ3n) is 7.45. The first-order valence-electron chi connectivity index (χ1n) is 14.2. The minimum Gasteiger partial charge on any atom is -0.490 e. The summed E-state index contributed by atoms with van der Waals surface area (Å²) in [6.07, 6.45) is 0.346. The molecule has 0 spiro atoms. The first-order valence-corrected chi connectivity index (χ1v) is 14.2. The van der Waals surface area contributed by atoms with Crippen LogP contribution in [0.5, 0.6) is 11.5 Å². The predicted octanol–water partition coefficient (Wildman–Crippen LogP) is 8.10. The number of epoxide rings is 2. The van der Waals surface area contributed by atoms with Gasteiger partial charge in [0.15, 0.2) is 0 Å². The highest BCUT2D eigenvalue weighted by atomic mass is 16.6. The second-order valence-electron chi connectivity index (χ2n) is 15.3. The van der Waals surface area contributed by atoms with Gasteiger partial charge in [-0.15, -0.1) is 0 Å². The molecule has 0 amide bonds. The number of hydrogen-bond acceptors (Lipinski definition) is 4. The van der Waals surface area contributed by atoms with Gasteiger partial charge < -0.3 is 18.9 Å². The topological polar surface area (TPSA) is 43.5 Å². The Bertz CT molecular complexity index is 1060. The van der Waals surface area contributed by atoms with Gasteiger partial charge in [0.05, 0.1) is 13.2 Å². The molecule has 2 aromatic rings. The van der Waals surface area contributed by atoms with Gasteiger partial charge in [0.2, 0.25) is 0 Å². The smallest absolute Gasteiger partial charge is 0.131 e. The maximum Gasteiger partial charge on any atom is 0.131 e. The first-order chi connectivity index (χ1) is 17.4. The van der Waals surface area contributed by atoms with E-state index < -0.39 is 0 Å². The van der Waals surface area contributed by atoms with Crippen molar-refractivity contribution in [3.8, 4) is 22.6 Å². The minimum absolute atomic E-state index is 0.0236. The number of hydrogen-bond donors (Lipinski definition) is 0. The average molecular weight is 523 g/mol. The van der Waals surface area contributed by atoms with Crippen LogP contribution in [0.2, 0.25) is 0 Å². The van der Waals surface area contributed by atoms with Crippen LogP contribution in [-0.2, 0) is 31.1 Å². The lowest BCUT2D eigenvalue weighted by Crippen LogP contribution is -2.21. The van der Waals surface area contributed by atoms with Gasteiger partial charge in [0.25, 0.3) is 0 Å². The Labute approximate surface area is 231 Å². The van der Waals surface area contributed by atoms with E-state index in [1.807, 2.05) is 0 Å². The molecule has 4 nitrogen and oxygen atoms in total. The average Bonchev–Trinajstić information content (AvgIpc) is 3.67. The van der Waals surface area contributed by atoms with Crippen molar-refractivity contribution in [1.82, 2.24) is 0 Å². The molecule has 0 aromatic heterocycles. The van der Waals surface area contributed by atoms with Gasteiger partial charge in [-0.2, -0.15) is 0 Å². The molecule has 2 atom stereocenters. The van der Waals surface area contributed by atoms with E-state index in [1.54, 1.807) is 0 Å². The molecular weight excluding hydrogens is 472 g/mol. The fourth-order valence-corrected chi connectivity index (χ4v) is 4.63. The molecule has 0 saturated carbocycles. The van der Waals surface area contributed by atoms with E-state index in [0.29, 0.717) is 13.2 Å². The van der Waals surface area contributed by atoms with Crippen LogP contribution < -0.4 is 9.47 Å². The maximum atomic E-state index is 6.68. The Morgan fingerprint density at radius 1 is 0.553 bits per heavy atom. The summed E-state index contributed by atoms with van der Waals surface area (Å²) in [6, 6.07) is 9.38. The summed E-state index contributed by atoms with van der Waals surface area (Å²) in [5, 5.41) is 0. The highest BCUT2D eigenvalue weighted by Gasteiger charge is 2.34. The fourth-order valence-electron chi connectivity index (χ4n) is 4.63. The van der Waals surface area contributed by atoms with Gasteiger partial charge in [0.1, 0.15) is 36.9 Å². The SMILES string of the molecule is CC(C)(C)c1cc(-c2cc(C(C)(C)C)cc(C(C)(C)C)c2OCC2CO2)c(OCC2CO2)c(C(C)(C)C)c1. The van der Waals surface area contributed by atoms with Crippen LogP contribution in [0.1, 0.15) is 105 Å². The van der Waals surface area contributed by atoms with Gasteiger partial charge >= 0.3 is 0 Å². The monoisotopic (exact) mass is 522 g/mol.